The number of nitrogens with one attached hydrogen (secondary N) is 1. The van der Waals surface area contributed by atoms with Crippen LogP contribution in [0.2, 0.25) is 0 Å². The third-order valence-corrected chi connectivity index (χ3v) is 1.88. The molecule has 0 spiro atoms. The van der Waals surface area contributed by atoms with E-state index in [4.69, 9.17) is 0 Å². The second-order valence-corrected chi connectivity index (χ2v) is 2.66. The van der Waals surface area contributed by atoms with Crippen molar-refractivity contribution in [1.29, 1.82) is 0 Å². The van der Waals surface area contributed by atoms with Gasteiger partial charge in [-0.15, -0.1) is 0 Å². The lowest BCUT2D eigenvalue weighted by Gasteiger charge is -2.26. The minimum atomic E-state index is 0.298. The molecule has 0 aromatic rings. The summed E-state index contributed by atoms with van der Waals surface area (Å²) in [6.45, 7) is 9.58. The molecule has 0 radical (unpaired) electrons. The Morgan fingerprint density at radius 1 is 1.58 bits per heavy atom. The van der Waals surface area contributed by atoms with Gasteiger partial charge in [-0.05, 0) is 20.0 Å². The van der Waals surface area contributed by atoms with Gasteiger partial charge in [0.2, 0.25) is 0 Å². The highest BCUT2D eigenvalue weighted by Gasteiger charge is 2.04. The molecule has 0 aliphatic rings. The number of allylic oxidation sites excluding steroid dienone is 3. The van der Waals surface area contributed by atoms with E-state index >= 15 is 0 Å². The zero-order valence-electron chi connectivity index (χ0n) is 8.17. The van der Waals surface area contributed by atoms with Crippen LogP contribution in [0.4, 0.5) is 0 Å². The van der Waals surface area contributed by atoms with Crippen LogP contribution in [0.5, 0.6) is 0 Å². The van der Waals surface area contributed by atoms with E-state index in [0.29, 0.717) is 6.17 Å². The van der Waals surface area contributed by atoms with Gasteiger partial charge in [-0.1, -0.05) is 25.3 Å². The SMILES string of the molecule is C=C/C=C\C(=C)N(C)C(C)NC. The van der Waals surface area contributed by atoms with Crippen molar-refractivity contribution in [2.75, 3.05) is 14.1 Å². The molecule has 0 rings (SSSR count). The van der Waals surface area contributed by atoms with E-state index in [0.717, 1.165) is 5.70 Å². The van der Waals surface area contributed by atoms with Gasteiger partial charge in [0.1, 0.15) is 0 Å². The van der Waals surface area contributed by atoms with Crippen molar-refractivity contribution < 1.29 is 0 Å². The summed E-state index contributed by atoms with van der Waals surface area (Å²) in [5, 5.41) is 3.13. The fraction of sp³-hybridized carbons (Fsp3) is 0.400. The van der Waals surface area contributed by atoms with E-state index in [1.54, 1.807) is 6.08 Å². The van der Waals surface area contributed by atoms with Crippen molar-refractivity contribution >= 4 is 0 Å². The molecule has 1 unspecified atom stereocenters. The summed E-state index contributed by atoms with van der Waals surface area (Å²) in [5.74, 6) is 0. The van der Waals surface area contributed by atoms with Gasteiger partial charge in [0.25, 0.3) is 0 Å². The molecule has 0 aliphatic heterocycles. The number of hydrogen-bond donors (Lipinski definition) is 1. The molecular formula is C10H18N2. The highest BCUT2D eigenvalue weighted by Crippen LogP contribution is 2.03. The third-order valence-electron chi connectivity index (χ3n) is 1.88. The minimum Gasteiger partial charge on any atom is -0.360 e. The standard InChI is InChI=1S/C10H18N2/c1-6-7-8-9(2)12(5)10(3)11-4/h6-8,10-11H,1-2H2,3-5H3/b8-7-. The predicted octanol–water partition coefficient (Wildman–Crippen LogP) is 1.74. The topological polar surface area (TPSA) is 15.3 Å². The van der Waals surface area contributed by atoms with Gasteiger partial charge < -0.3 is 10.2 Å². The van der Waals surface area contributed by atoms with Gasteiger partial charge >= 0.3 is 0 Å². The summed E-state index contributed by atoms with van der Waals surface area (Å²) in [6, 6.07) is 0. The Bertz CT molecular complexity index is 182. The molecule has 1 atom stereocenters. The summed E-state index contributed by atoms with van der Waals surface area (Å²) in [4.78, 5) is 2.06. The molecule has 12 heavy (non-hydrogen) atoms. The molecule has 68 valence electrons. The largest absolute Gasteiger partial charge is 0.360 e. The average Bonchev–Trinajstić information content (AvgIpc) is 2.11. The molecule has 0 bridgehead atoms. The van der Waals surface area contributed by atoms with Crippen molar-refractivity contribution in [3.8, 4) is 0 Å². The van der Waals surface area contributed by atoms with E-state index in [1.165, 1.54) is 0 Å². The van der Waals surface area contributed by atoms with Gasteiger partial charge in [-0.2, -0.15) is 0 Å². The smallest absolute Gasteiger partial charge is 0.0761 e. The first-order valence-electron chi connectivity index (χ1n) is 4.01. The first kappa shape index (κ1) is 11.0. The summed E-state index contributed by atoms with van der Waals surface area (Å²) in [5.41, 5.74) is 0.969. The maximum absolute atomic E-state index is 3.91. The molecule has 2 nitrogen and oxygen atoms in total. The lowest BCUT2D eigenvalue weighted by Crippen LogP contribution is -2.37. The monoisotopic (exact) mass is 166 g/mol. The molecule has 0 saturated carbocycles. The number of nitrogens with zero attached hydrogens (tertiary/aromatic N) is 1. The fourth-order valence-corrected chi connectivity index (χ4v) is 0.739. The number of hydrogen-bond acceptors (Lipinski definition) is 2. The van der Waals surface area contributed by atoms with Gasteiger partial charge in [0.05, 0.1) is 6.17 Å². The lowest BCUT2D eigenvalue weighted by atomic mass is 10.3. The Morgan fingerprint density at radius 3 is 2.58 bits per heavy atom. The first-order chi connectivity index (χ1) is 5.63. The minimum absolute atomic E-state index is 0.298. The molecule has 0 aromatic heterocycles. The van der Waals surface area contributed by atoms with Gasteiger partial charge in [-0.25, -0.2) is 0 Å². The molecule has 0 fully saturated rings. The Hall–Kier alpha value is -1.02. The van der Waals surface area contributed by atoms with Crippen molar-refractivity contribution in [3.05, 3.63) is 37.1 Å². The number of rotatable bonds is 5. The van der Waals surface area contributed by atoms with Crippen LogP contribution in [0.3, 0.4) is 0 Å². The maximum Gasteiger partial charge on any atom is 0.0761 e. The number of likely N-dealkylation sites (N-methyl/N-ethyl adjacent to an activating group) is 1. The Kier molecular flexibility index (Phi) is 5.13. The Labute approximate surface area is 75.3 Å². The van der Waals surface area contributed by atoms with Crippen molar-refractivity contribution in [3.63, 3.8) is 0 Å². The van der Waals surface area contributed by atoms with Crippen LogP contribution >= 0.6 is 0 Å². The molecule has 1 N–H and O–H groups in total. The molecule has 2 heteroatoms. The molecule has 0 heterocycles. The van der Waals surface area contributed by atoms with Gasteiger partial charge in [-0.3, -0.25) is 0 Å². The van der Waals surface area contributed by atoms with Crippen LogP contribution in [-0.2, 0) is 0 Å². The van der Waals surface area contributed by atoms with Crippen molar-refractivity contribution in [1.82, 2.24) is 10.2 Å². The lowest BCUT2D eigenvalue weighted by molar-refractivity contribution is 0.298. The van der Waals surface area contributed by atoms with Crippen LogP contribution < -0.4 is 5.32 Å². The molecule has 0 aromatic carbocycles. The van der Waals surface area contributed by atoms with Crippen LogP contribution in [0.15, 0.2) is 37.1 Å². The summed E-state index contributed by atoms with van der Waals surface area (Å²) >= 11 is 0. The van der Waals surface area contributed by atoms with E-state index in [-0.39, 0.29) is 0 Å². The van der Waals surface area contributed by atoms with Crippen molar-refractivity contribution in [2.45, 2.75) is 13.1 Å². The molecule has 0 aliphatic carbocycles. The quantitative estimate of drug-likeness (QED) is 0.494. The first-order valence-corrected chi connectivity index (χ1v) is 4.01. The van der Waals surface area contributed by atoms with Crippen LogP contribution in [0.25, 0.3) is 0 Å². The highest BCUT2D eigenvalue weighted by molar-refractivity contribution is 5.17. The molecular weight excluding hydrogens is 148 g/mol. The summed E-state index contributed by atoms with van der Waals surface area (Å²) in [7, 11) is 3.92. The summed E-state index contributed by atoms with van der Waals surface area (Å²) in [6.07, 6.45) is 5.84. The van der Waals surface area contributed by atoms with E-state index in [2.05, 4.69) is 30.3 Å². The summed E-state index contributed by atoms with van der Waals surface area (Å²) < 4.78 is 0. The van der Waals surface area contributed by atoms with Crippen LogP contribution in [0.1, 0.15) is 6.92 Å². The fourth-order valence-electron chi connectivity index (χ4n) is 0.739. The second kappa shape index (κ2) is 5.61. The van der Waals surface area contributed by atoms with Crippen LogP contribution in [0, 0.1) is 0 Å². The maximum atomic E-state index is 3.91. The predicted molar refractivity (Wildman–Crippen MR) is 54.8 cm³/mol. The average molecular weight is 166 g/mol. The van der Waals surface area contributed by atoms with Crippen molar-refractivity contribution in [2.24, 2.45) is 0 Å². The Morgan fingerprint density at radius 2 is 2.17 bits per heavy atom. The third kappa shape index (κ3) is 3.39. The van der Waals surface area contributed by atoms with E-state index in [9.17, 15) is 0 Å². The van der Waals surface area contributed by atoms with Crippen LogP contribution in [-0.4, -0.2) is 25.2 Å². The zero-order valence-corrected chi connectivity index (χ0v) is 8.17. The Balaban J connectivity index is 4.09. The van der Waals surface area contributed by atoms with Gasteiger partial charge in [0, 0.05) is 12.7 Å². The van der Waals surface area contributed by atoms with E-state index < -0.39 is 0 Å². The van der Waals surface area contributed by atoms with E-state index in [1.807, 2.05) is 26.2 Å². The molecule has 0 amide bonds. The highest BCUT2D eigenvalue weighted by atomic mass is 15.2. The van der Waals surface area contributed by atoms with Gasteiger partial charge in [0.15, 0.2) is 0 Å². The normalized spacial score (nSPS) is 12.9. The molecule has 0 saturated heterocycles. The second-order valence-electron chi connectivity index (χ2n) is 2.66. The zero-order chi connectivity index (χ0) is 9.56.